The van der Waals surface area contributed by atoms with Crippen molar-refractivity contribution in [2.75, 3.05) is 6.54 Å². The maximum Gasteiger partial charge on any atom is 0.252 e. The molecule has 2 saturated carbocycles. The van der Waals surface area contributed by atoms with Gasteiger partial charge < -0.3 is 5.32 Å². The quantitative estimate of drug-likeness (QED) is 0.766. The third-order valence-corrected chi connectivity index (χ3v) is 5.43. The van der Waals surface area contributed by atoms with Crippen LogP contribution in [0.5, 0.6) is 0 Å². The summed E-state index contributed by atoms with van der Waals surface area (Å²) >= 11 is 9.48. The van der Waals surface area contributed by atoms with Crippen LogP contribution in [-0.2, 0) is 6.54 Å². The van der Waals surface area contributed by atoms with Crippen LogP contribution in [0.4, 0.5) is 0 Å². The Labute approximate surface area is 154 Å². The number of amides is 1. The number of benzene rings is 1. The summed E-state index contributed by atoms with van der Waals surface area (Å²) in [5.41, 5.74) is 3.07. The zero-order valence-corrected chi connectivity index (χ0v) is 15.6. The Hall–Kier alpha value is -1.33. The molecule has 1 heterocycles. The van der Waals surface area contributed by atoms with Gasteiger partial charge in [0.25, 0.3) is 5.91 Å². The normalized spacial score (nSPS) is 17.1. The Morgan fingerprint density at radius 1 is 1.25 bits per heavy atom. The van der Waals surface area contributed by atoms with E-state index in [-0.39, 0.29) is 5.91 Å². The van der Waals surface area contributed by atoms with Crippen molar-refractivity contribution >= 4 is 33.4 Å². The third-order valence-electron chi connectivity index (χ3n) is 4.60. The summed E-state index contributed by atoms with van der Waals surface area (Å²) in [4.78, 5) is 12.3. The first kappa shape index (κ1) is 16.2. The summed E-state index contributed by atoms with van der Waals surface area (Å²) in [6.45, 7) is 1.25. The van der Waals surface area contributed by atoms with E-state index in [9.17, 15) is 4.79 Å². The van der Waals surface area contributed by atoms with Crippen molar-refractivity contribution in [3.63, 3.8) is 0 Å². The van der Waals surface area contributed by atoms with Crippen molar-refractivity contribution in [3.8, 4) is 0 Å². The minimum absolute atomic E-state index is 0.149. The molecule has 2 aliphatic carbocycles. The second-order valence-electron chi connectivity index (χ2n) is 6.65. The van der Waals surface area contributed by atoms with Crippen LogP contribution in [0.25, 0.3) is 0 Å². The second-order valence-corrected chi connectivity index (χ2v) is 7.97. The molecule has 1 amide bonds. The molecule has 1 N–H and O–H groups in total. The molecule has 0 radical (unpaired) electrons. The van der Waals surface area contributed by atoms with Crippen LogP contribution < -0.4 is 5.32 Å². The second kappa shape index (κ2) is 6.52. The van der Waals surface area contributed by atoms with Crippen molar-refractivity contribution in [3.05, 3.63) is 50.7 Å². The molecule has 2 aromatic rings. The fourth-order valence-electron chi connectivity index (χ4n) is 2.96. The molecule has 2 fully saturated rings. The van der Waals surface area contributed by atoms with E-state index in [0.29, 0.717) is 35.5 Å². The number of hydrogen-bond donors (Lipinski definition) is 1. The molecule has 1 aromatic heterocycles. The lowest BCUT2D eigenvalue weighted by molar-refractivity contribution is 0.0952. The van der Waals surface area contributed by atoms with E-state index >= 15 is 0 Å². The summed E-state index contributed by atoms with van der Waals surface area (Å²) in [5, 5.41) is 8.18. The van der Waals surface area contributed by atoms with Gasteiger partial charge in [-0.15, -0.1) is 0 Å². The molecule has 0 bridgehead atoms. The maximum atomic E-state index is 12.3. The number of nitrogens with zero attached hydrogens (tertiary/aromatic N) is 2. The van der Waals surface area contributed by atoms with E-state index in [1.165, 1.54) is 37.1 Å². The molecule has 24 heavy (non-hydrogen) atoms. The highest BCUT2D eigenvalue weighted by molar-refractivity contribution is 9.10. The number of carbonyl (C=O) groups is 1. The highest BCUT2D eigenvalue weighted by atomic mass is 79.9. The van der Waals surface area contributed by atoms with Gasteiger partial charge in [0.1, 0.15) is 0 Å². The van der Waals surface area contributed by atoms with Gasteiger partial charge in [0, 0.05) is 28.5 Å². The summed E-state index contributed by atoms with van der Waals surface area (Å²) < 4.78 is 2.93. The third kappa shape index (κ3) is 3.52. The minimum Gasteiger partial charge on any atom is -0.350 e. The predicted octanol–water partition coefficient (Wildman–Crippen LogP) is 4.48. The van der Waals surface area contributed by atoms with Gasteiger partial charge in [-0.1, -0.05) is 27.5 Å². The Morgan fingerprint density at radius 2 is 2.00 bits per heavy atom. The van der Waals surface area contributed by atoms with Crippen molar-refractivity contribution in [1.82, 2.24) is 15.1 Å². The zero-order valence-electron chi connectivity index (χ0n) is 13.3. The van der Waals surface area contributed by atoms with Crippen molar-refractivity contribution in [2.45, 2.75) is 44.1 Å². The smallest absolute Gasteiger partial charge is 0.252 e. The van der Waals surface area contributed by atoms with Gasteiger partial charge in [0.05, 0.1) is 22.8 Å². The fourth-order valence-corrected chi connectivity index (χ4v) is 3.52. The van der Waals surface area contributed by atoms with Gasteiger partial charge in [-0.05, 0) is 49.9 Å². The largest absolute Gasteiger partial charge is 0.350 e. The monoisotopic (exact) mass is 407 g/mol. The first-order chi connectivity index (χ1) is 11.6. The Morgan fingerprint density at radius 3 is 2.71 bits per heavy atom. The highest BCUT2D eigenvalue weighted by Crippen LogP contribution is 2.44. The average Bonchev–Trinajstić information content (AvgIpc) is 3.48. The summed E-state index contributed by atoms with van der Waals surface area (Å²) in [6.07, 6.45) is 5.05. The van der Waals surface area contributed by atoms with Gasteiger partial charge in [-0.2, -0.15) is 5.10 Å². The molecule has 0 atom stereocenters. The summed E-state index contributed by atoms with van der Waals surface area (Å²) in [7, 11) is 0. The molecule has 126 valence electrons. The first-order valence-corrected chi connectivity index (χ1v) is 9.60. The Balaban J connectivity index is 1.40. The van der Waals surface area contributed by atoms with Crippen LogP contribution in [0.1, 0.15) is 59.3 Å². The van der Waals surface area contributed by atoms with E-state index in [4.69, 9.17) is 16.7 Å². The Bertz CT molecular complexity index is 781. The number of nitrogens with one attached hydrogen (secondary N) is 1. The van der Waals surface area contributed by atoms with Crippen LogP contribution in [0.3, 0.4) is 0 Å². The van der Waals surface area contributed by atoms with Gasteiger partial charge in [-0.3, -0.25) is 9.48 Å². The maximum absolute atomic E-state index is 12.3. The average molecular weight is 409 g/mol. The standard InChI is InChI=1S/C18H19BrClN3O/c19-13-5-6-15(20)14(9-13)18(24)21-7-8-23-17(12-3-4-12)10-16(22-23)11-1-2-11/h5-6,9-12H,1-4,7-8H2,(H,21,24). The van der Waals surface area contributed by atoms with Gasteiger partial charge >= 0.3 is 0 Å². The van der Waals surface area contributed by atoms with Crippen LogP contribution in [-0.4, -0.2) is 22.2 Å². The van der Waals surface area contributed by atoms with Crippen molar-refractivity contribution < 1.29 is 4.79 Å². The van der Waals surface area contributed by atoms with Crippen LogP contribution >= 0.6 is 27.5 Å². The lowest BCUT2D eigenvalue weighted by atomic mass is 10.2. The number of carbonyl (C=O) groups excluding carboxylic acids is 1. The lowest BCUT2D eigenvalue weighted by Crippen LogP contribution is -2.28. The Kier molecular flexibility index (Phi) is 4.39. The molecule has 0 unspecified atom stereocenters. The number of halogens is 2. The lowest BCUT2D eigenvalue weighted by Gasteiger charge is -2.09. The van der Waals surface area contributed by atoms with Gasteiger partial charge in [-0.25, -0.2) is 0 Å². The van der Waals surface area contributed by atoms with Crippen LogP contribution in [0.2, 0.25) is 5.02 Å². The summed E-state index contributed by atoms with van der Waals surface area (Å²) in [5.74, 6) is 1.18. The molecule has 6 heteroatoms. The molecular weight excluding hydrogens is 390 g/mol. The van der Waals surface area contributed by atoms with Gasteiger partial charge in [0.2, 0.25) is 0 Å². The molecule has 2 aliphatic rings. The predicted molar refractivity (Wildman–Crippen MR) is 97.7 cm³/mol. The topological polar surface area (TPSA) is 46.9 Å². The van der Waals surface area contributed by atoms with E-state index in [2.05, 4.69) is 32.0 Å². The number of hydrogen-bond acceptors (Lipinski definition) is 2. The van der Waals surface area contributed by atoms with E-state index in [0.717, 1.165) is 4.47 Å². The van der Waals surface area contributed by atoms with E-state index < -0.39 is 0 Å². The molecular formula is C18H19BrClN3O. The van der Waals surface area contributed by atoms with Crippen molar-refractivity contribution in [2.24, 2.45) is 0 Å². The molecule has 4 rings (SSSR count). The van der Waals surface area contributed by atoms with E-state index in [1.807, 2.05) is 6.07 Å². The molecule has 1 aromatic carbocycles. The van der Waals surface area contributed by atoms with Crippen LogP contribution in [0.15, 0.2) is 28.7 Å². The first-order valence-electron chi connectivity index (χ1n) is 8.42. The molecule has 0 aliphatic heterocycles. The van der Waals surface area contributed by atoms with E-state index in [1.54, 1.807) is 12.1 Å². The molecule has 0 saturated heterocycles. The molecule has 4 nitrogen and oxygen atoms in total. The molecule has 0 spiro atoms. The van der Waals surface area contributed by atoms with Crippen molar-refractivity contribution in [1.29, 1.82) is 0 Å². The number of rotatable bonds is 6. The number of aromatic nitrogens is 2. The summed E-state index contributed by atoms with van der Waals surface area (Å²) in [6, 6.07) is 7.57. The zero-order chi connectivity index (χ0) is 16.7. The van der Waals surface area contributed by atoms with Gasteiger partial charge in [0.15, 0.2) is 0 Å². The highest BCUT2D eigenvalue weighted by Gasteiger charge is 2.32. The van der Waals surface area contributed by atoms with Crippen LogP contribution in [0, 0.1) is 0 Å². The SMILES string of the molecule is O=C(NCCn1nc(C2CC2)cc1C1CC1)c1cc(Br)ccc1Cl. The fraction of sp³-hybridized carbons (Fsp3) is 0.444. The minimum atomic E-state index is -0.149.